The van der Waals surface area contributed by atoms with Crippen LogP contribution in [0.1, 0.15) is 0 Å². The van der Waals surface area contributed by atoms with Crippen molar-refractivity contribution in [2.24, 2.45) is 0 Å². The van der Waals surface area contributed by atoms with Gasteiger partial charge in [-0.1, -0.05) is 0 Å². The fraction of sp³-hybridized carbons (Fsp3) is 0.286. The topological polar surface area (TPSA) is 75.2 Å². The molecule has 1 aromatic heterocycles. The Morgan fingerprint density at radius 3 is 2.18 bits per heavy atom. The number of hydrogen-bond acceptors (Lipinski definition) is 6. The Bertz CT molecular complexity index is 741. The summed E-state index contributed by atoms with van der Waals surface area (Å²) in [7, 11) is -3.73. The lowest BCUT2D eigenvalue weighted by Crippen LogP contribution is -2.44. The zero-order chi connectivity index (χ0) is 15.6. The summed E-state index contributed by atoms with van der Waals surface area (Å²) in [4.78, 5) is 10.3. The summed E-state index contributed by atoms with van der Waals surface area (Å²) in [5.41, 5.74) is 0. The zero-order valence-corrected chi connectivity index (χ0v) is 12.6. The minimum Gasteiger partial charge on any atom is -0.338 e. The summed E-state index contributed by atoms with van der Waals surface area (Å²) in [6.07, 6.45) is 2.59. The smallest absolute Gasteiger partial charge is 0.225 e. The van der Waals surface area contributed by atoms with Gasteiger partial charge in [0, 0.05) is 26.2 Å². The minimum atomic E-state index is -3.73. The predicted molar refractivity (Wildman–Crippen MR) is 79.0 cm³/mol. The Balaban J connectivity index is 1.86. The predicted octanol–water partition coefficient (Wildman–Crippen LogP) is 0.858. The molecule has 1 saturated heterocycles. The van der Waals surface area contributed by atoms with Crippen LogP contribution in [-0.4, -0.2) is 44.6 Å². The fourth-order valence-corrected chi connectivity index (χ4v) is 3.38. The van der Waals surface area contributed by atoms with Gasteiger partial charge < -0.3 is 10.2 Å². The van der Waals surface area contributed by atoms with Crippen LogP contribution in [0.25, 0.3) is 0 Å². The number of nitrogens with one attached hydrogen (secondary N) is 1. The second kappa shape index (κ2) is 5.98. The first-order valence-corrected chi connectivity index (χ1v) is 8.34. The van der Waals surface area contributed by atoms with Crippen molar-refractivity contribution in [2.75, 3.05) is 31.1 Å². The monoisotopic (exact) mass is 322 g/mol. The maximum absolute atomic E-state index is 12.9. The van der Waals surface area contributed by atoms with Crippen LogP contribution in [0.5, 0.6) is 0 Å². The quantitative estimate of drug-likeness (QED) is 0.845. The molecule has 3 rings (SSSR count). The summed E-state index contributed by atoms with van der Waals surface area (Å²) in [5.74, 6) is 0.0313. The molecule has 1 aromatic carbocycles. The van der Waals surface area contributed by atoms with Crippen LogP contribution in [0, 0.1) is 5.82 Å². The van der Waals surface area contributed by atoms with E-state index in [9.17, 15) is 12.8 Å². The first kappa shape index (κ1) is 14.9. The molecule has 2 heterocycles. The standard InChI is InChI=1S/C14H15FN4O2S/c15-11-1-3-12(4-2-11)22(20,21)13-9-17-14(18-10-13)19-7-5-16-6-8-19/h1-4,9-10,16H,5-8H2. The molecular weight excluding hydrogens is 307 g/mol. The molecule has 0 radical (unpaired) electrons. The largest absolute Gasteiger partial charge is 0.338 e. The number of hydrogen-bond donors (Lipinski definition) is 1. The maximum atomic E-state index is 12.9. The van der Waals surface area contributed by atoms with E-state index >= 15 is 0 Å². The Morgan fingerprint density at radius 1 is 1.00 bits per heavy atom. The lowest BCUT2D eigenvalue weighted by Gasteiger charge is -2.27. The molecule has 0 unspecified atom stereocenters. The number of piperazine rings is 1. The highest BCUT2D eigenvalue weighted by molar-refractivity contribution is 7.91. The second-order valence-corrected chi connectivity index (χ2v) is 6.86. The number of rotatable bonds is 3. The molecule has 0 amide bonds. The highest BCUT2D eigenvalue weighted by Gasteiger charge is 2.20. The van der Waals surface area contributed by atoms with E-state index in [-0.39, 0.29) is 9.79 Å². The molecule has 0 atom stereocenters. The van der Waals surface area contributed by atoms with E-state index in [2.05, 4.69) is 15.3 Å². The molecule has 2 aromatic rings. The number of anilines is 1. The van der Waals surface area contributed by atoms with Crippen molar-refractivity contribution in [3.05, 3.63) is 42.5 Å². The van der Waals surface area contributed by atoms with Gasteiger partial charge in [0.2, 0.25) is 15.8 Å². The van der Waals surface area contributed by atoms with Crippen LogP contribution in [0.3, 0.4) is 0 Å². The summed E-state index contributed by atoms with van der Waals surface area (Å²) >= 11 is 0. The summed E-state index contributed by atoms with van der Waals surface area (Å²) in [6, 6.07) is 4.69. The van der Waals surface area contributed by atoms with Gasteiger partial charge in [0.15, 0.2) is 0 Å². The first-order chi connectivity index (χ1) is 10.6. The van der Waals surface area contributed by atoms with E-state index in [1.54, 1.807) is 0 Å². The van der Waals surface area contributed by atoms with E-state index in [0.29, 0.717) is 5.95 Å². The molecular formula is C14H15FN4O2S. The highest BCUT2D eigenvalue weighted by Crippen LogP contribution is 2.20. The summed E-state index contributed by atoms with van der Waals surface area (Å²) < 4.78 is 37.7. The summed E-state index contributed by atoms with van der Waals surface area (Å²) in [5, 5.41) is 3.22. The molecule has 116 valence electrons. The molecule has 8 heteroatoms. The Labute approximate surface area is 127 Å². The minimum absolute atomic E-state index is 0.00186. The second-order valence-electron chi connectivity index (χ2n) is 4.91. The van der Waals surface area contributed by atoms with Crippen LogP contribution >= 0.6 is 0 Å². The average molecular weight is 322 g/mol. The molecule has 0 bridgehead atoms. The third-order valence-corrected chi connectivity index (χ3v) is 5.17. The maximum Gasteiger partial charge on any atom is 0.225 e. The van der Waals surface area contributed by atoms with Gasteiger partial charge in [-0.3, -0.25) is 0 Å². The molecule has 6 nitrogen and oxygen atoms in total. The Hall–Kier alpha value is -2.06. The number of nitrogens with zero attached hydrogens (tertiary/aromatic N) is 3. The van der Waals surface area contributed by atoms with Crippen LogP contribution in [0.2, 0.25) is 0 Å². The van der Waals surface area contributed by atoms with Gasteiger partial charge in [0.1, 0.15) is 10.7 Å². The van der Waals surface area contributed by atoms with Gasteiger partial charge in [0.05, 0.1) is 17.3 Å². The molecule has 1 aliphatic rings. The van der Waals surface area contributed by atoms with Gasteiger partial charge >= 0.3 is 0 Å². The van der Waals surface area contributed by atoms with Crippen molar-refractivity contribution in [3.63, 3.8) is 0 Å². The molecule has 0 spiro atoms. The van der Waals surface area contributed by atoms with E-state index in [0.717, 1.165) is 38.3 Å². The van der Waals surface area contributed by atoms with Gasteiger partial charge in [0.25, 0.3) is 0 Å². The average Bonchev–Trinajstić information content (AvgIpc) is 2.56. The van der Waals surface area contributed by atoms with Crippen LogP contribution in [0.4, 0.5) is 10.3 Å². The molecule has 1 aliphatic heterocycles. The van der Waals surface area contributed by atoms with Crippen molar-refractivity contribution >= 4 is 15.8 Å². The molecule has 1 fully saturated rings. The Kier molecular flexibility index (Phi) is 4.04. The third kappa shape index (κ3) is 2.93. The first-order valence-electron chi connectivity index (χ1n) is 6.86. The van der Waals surface area contributed by atoms with Crippen molar-refractivity contribution < 1.29 is 12.8 Å². The van der Waals surface area contributed by atoms with Crippen LogP contribution < -0.4 is 10.2 Å². The molecule has 22 heavy (non-hydrogen) atoms. The Morgan fingerprint density at radius 2 is 1.59 bits per heavy atom. The van der Waals surface area contributed by atoms with E-state index in [1.807, 2.05) is 4.90 Å². The van der Waals surface area contributed by atoms with E-state index in [1.165, 1.54) is 24.5 Å². The van der Waals surface area contributed by atoms with Gasteiger partial charge in [-0.05, 0) is 24.3 Å². The highest BCUT2D eigenvalue weighted by atomic mass is 32.2. The normalized spacial score (nSPS) is 15.8. The number of sulfone groups is 1. The number of halogens is 1. The van der Waals surface area contributed by atoms with E-state index in [4.69, 9.17) is 0 Å². The third-order valence-electron chi connectivity index (χ3n) is 3.45. The van der Waals surface area contributed by atoms with Gasteiger partial charge in [-0.2, -0.15) is 0 Å². The van der Waals surface area contributed by atoms with Crippen LogP contribution in [-0.2, 0) is 9.84 Å². The van der Waals surface area contributed by atoms with E-state index < -0.39 is 15.7 Å². The lowest BCUT2D eigenvalue weighted by molar-refractivity contribution is 0.577. The van der Waals surface area contributed by atoms with Crippen molar-refractivity contribution in [2.45, 2.75) is 9.79 Å². The summed E-state index contributed by atoms with van der Waals surface area (Å²) in [6.45, 7) is 3.26. The van der Waals surface area contributed by atoms with Crippen molar-refractivity contribution in [3.8, 4) is 0 Å². The van der Waals surface area contributed by atoms with Crippen molar-refractivity contribution in [1.82, 2.24) is 15.3 Å². The lowest BCUT2D eigenvalue weighted by atomic mass is 10.4. The fourth-order valence-electron chi connectivity index (χ4n) is 2.23. The van der Waals surface area contributed by atoms with Gasteiger partial charge in [-0.15, -0.1) is 0 Å². The van der Waals surface area contributed by atoms with Gasteiger partial charge in [-0.25, -0.2) is 22.8 Å². The number of benzene rings is 1. The molecule has 0 aliphatic carbocycles. The zero-order valence-electron chi connectivity index (χ0n) is 11.7. The SMILES string of the molecule is O=S(=O)(c1ccc(F)cc1)c1cnc(N2CCNCC2)nc1. The van der Waals surface area contributed by atoms with Crippen LogP contribution in [0.15, 0.2) is 46.5 Å². The molecule has 0 saturated carbocycles. The number of aromatic nitrogens is 2. The molecule has 1 N–H and O–H groups in total. The van der Waals surface area contributed by atoms with Crippen molar-refractivity contribution in [1.29, 1.82) is 0 Å².